The van der Waals surface area contributed by atoms with E-state index < -0.39 is 0 Å². The topological polar surface area (TPSA) is 34.9 Å². The molecule has 1 heterocycles. The van der Waals surface area contributed by atoms with Crippen LogP contribution in [-0.4, -0.2) is 9.55 Å². The van der Waals surface area contributed by atoms with Gasteiger partial charge in [-0.1, -0.05) is 59.8 Å². The zero-order valence-electron chi connectivity index (χ0n) is 17.2. The normalized spacial score (nSPS) is 11.2. The van der Waals surface area contributed by atoms with Crippen LogP contribution in [0, 0.1) is 27.7 Å². The predicted octanol–water partition coefficient (Wildman–Crippen LogP) is 5.91. The van der Waals surface area contributed by atoms with Crippen molar-refractivity contribution in [3.63, 3.8) is 0 Å². The summed E-state index contributed by atoms with van der Waals surface area (Å²) >= 11 is 1.61. The van der Waals surface area contributed by atoms with Crippen molar-refractivity contribution in [1.82, 2.24) is 9.55 Å². The Hall–Kier alpha value is -2.85. The molecule has 146 valence electrons. The maximum Gasteiger partial charge on any atom is 0.266 e. The van der Waals surface area contributed by atoms with Gasteiger partial charge < -0.3 is 0 Å². The minimum atomic E-state index is -0.0206. The Balaban J connectivity index is 1.89. The summed E-state index contributed by atoms with van der Waals surface area (Å²) in [5.74, 6) is 0.767. The number of hydrogen-bond donors (Lipinski definition) is 0. The van der Waals surface area contributed by atoms with E-state index in [1.54, 1.807) is 16.3 Å². The van der Waals surface area contributed by atoms with E-state index in [1.165, 1.54) is 16.7 Å². The lowest BCUT2D eigenvalue weighted by molar-refractivity contribution is 0.813. The predicted molar refractivity (Wildman–Crippen MR) is 122 cm³/mol. The first kappa shape index (κ1) is 19.5. The van der Waals surface area contributed by atoms with Crippen molar-refractivity contribution in [3.05, 3.63) is 98.8 Å². The average Bonchev–Trinajstić information content (AvgIpc) is 2.71. The van der Waals surface area contributed by atoms with Gasteiger partial charge in [-0.25, -0.2) is 4.98 Å². The number of thioether (sulfide) groups is 1. The number of para-hydroxylation sites is 1. The Kier molecular flexibility index (Phi) is 5.29. The summed E-state index contributed by atoms with van der Waals surface area (Å²) in [6.45, 7) is 8.32. The molecule has 4 rings (SSSR count). The van der Waals surface area contributed by atoms with E-state index in [0.29, 0.717) is 5.39 Å². The number of benzene rings is 3. The van der Waals surface area contributed by atoms with E-state index in [4.69, 9.17) is 4.98 Å². The number of fused-ring (bicyclic) bond motifs is 1. The largest absolute Gasteiger partial charge is 0.268 e. The lowest BCUT2D eigenvalue weighted by Crippen LogP contribution is -2.22. The standard InChI is InChI=1S/C25H24N2OS/c1-16-9-11-18(3)20(13-16)15-29-25-26-22-8-6-5-7-21(22)24(28)27(25)23-14-17(2)10-12-19(23)4/h5-14H,15H2,1-4H3. The minimum absolute atomic E-state index is 0.0206. The quantitative estimate of drug-likeness (QED) is 0.315. The first-order valence-corrected chi connectivity index (χ1v) is 10.7. The van der Waals surface area contributed by atoms with Gasteiger partial charge in [0, 0.05) is 5.75 Å². The summed E-state index contributed by atoms with van der Waals surface area (Å²) in [4.78, 5) is 18.3. The molecule has 4 heteroatoms. The van der Waals surface area contributed by atoms with E-state index in [-0.39, 0.29) is 5.56 Å². The van der Waals surface area contributed by atoms with Gasteiger partial charge in [-0.2, -0.15) is 0 Å². The zero-order valence-corrected chi connectivity index (χ0v) is 18.0. The fourth-order valence-corrected chi connectivity index (χ4v) is 4.55. The summed E-state index contributed by atoms with van der Waals surface area (Å²) < 4.78 is 1.78. The van der Waals surface area contributed by atoms with Crippen LogP contribution < -0.4 is 5.56 Å². The Labute approximate surface area is 175 Å². The maximum absolute atomic E-state index is 13.5. The van der Waals surface area contributed by atoms with Crippen molar-refractivity contribution in [2.24, 2.45) is 0 Å². The Bertz CT molecular complexity index is 1270. The van der Waals surface area contributed by atoms with Gasteiger partial charge in [-0.15, -0.1) is 0 Å². The molecule has 0 spiro atoms. The minimum Gasteiger partial charge on any atom is -0.268 e. The first-order chi connectivity index (χ1) is 13.9. The van der Waals surface area contributed by atoms with Crippen LogP contribution in [0.5, 0.6) is 0 Å². The molecule has 3 nitrogen and oxygen atoms in total. The van der Waals surface area contributed by atoms with Crippen molar-refractivity contribution in [3.8, 4) is 5.69 Å². The highest BCUT2D eigenvalue weighted by Gasteiger charge is 2.15. The summed E-state index contributed by atoms with van der Waals surface area (Å²) in [5.41, 5.74) is 7.56. The van der Waals surface area contributed by atoms with Crippen LogP contribution in [0.4, 0.5) is 0 Å². The summed E-state index contributed by atoms with van der Waals surface area (Å²) in [6, 6.07) is 20.3. The molecule has 1 aromatic heterocycles. The van der Waals surface area contributed by atoms with Gasteiger partial charge >= 0.3 is 0 Å². The molecule has 0 N–H and O–H groups in total. The van der Waals surface area contributed by atoms with Crippen LogP contribution in [0.3, 0.4) is 0 Å². The van der Waals surface area contributed by atoms with Crippen LogP contribution in [-0.2, 0) is 5.75 Å². The third kappa shape index (κ3) is 3.85. The van der Waals surface area contributed by atoms with Gasteiger partial charge in [-0.3, -0.25) is 9.36 Å². The van der Waals surface area contributed by atoms with Crippen molar-refractivity contribution in [2.45, 2.75) is 38.6 Å². The second kappa shape index (κ2) is 7.88. The first-order valence-electron chi connectivity index (χ1n) is 9.72. The average molecular weight is 401 g/mol. The lowest BCUT2D eigenvalue weighted by Gasteiger charge is -2.16. The highest BCUT2D eigenvalue weighted by Crippen LogP contribution is 2.27. The third-order valence-electron chi connectivity index (χ3n) is 5.21. The molecule has 0 bridgehead atoms. The number of hydrogen-bond acceptors (Lipinski definition) is 3. The van der Waals surface area contributed by atoms with Gasteiger partial charge in [0.15, 0.2) is 5.16 Å². The molecule has 29 heavy (non-hydrogen) atoms. The highest BCUT2D eigenvalue weighted by atomic mass is 32.2. The lowest BCUT2D eigenvalue weighted by atomic mass is 10.1. The van der Waals surface area contributed by atoms with Gasteiger partial charge in [0.25, 0.3) is 5.56 Å². The fourth-order valence-electron chi connectivity index (χ4n) is 3.48. The highest BCUT2D eigenvalue weighted by molar-refractivity contribution is 7.98. The van der Waals surface area contributed by atoms with E-state index in [9.17, 15) is 4.79 Å². The molecule has 0 saturated carbocycles. The number of aryl methyl sites for hydroxylation is 4. The molecule has 0 aliphatic carbocycles. The van der Waals surface area contributed by atoms with E-state index in [1.807, 2.05) is 38.1 Å². The van der Waals surface area contributed by atoms with E-state index in [0.717, 1.165) is 33.2 Å². The fraction of sp³-hybridized carbons (Fsp3) is 0.200. The van der Waals surface area contributed by atoms with Gasteiger partial charge in [0.1, 0.15) is 0 Å². The Morgan fingerprint density at radius 3 is 2.34 bits per heavy atom. The molecule has 4 aromatic rings. The second-order valence-corrected chi connectivity index (χ2v) is 8.50. The van der Waals surface area contributed by atoms with Crippen molar-refractivity contribution < 1.29 is 0 Å². The van der Waals surface area contributed by atoms with Crippen molar-refractivity contribution in [2.75, 3.05) is 0 Å². The van der Waals surface area contributed by atoms with Crippen molar-refractivity contribution >= 4 is 22.7 Å². The second-order valence-electron chi connectivity index (χ2n) is 7.56. The van der Waals surface area contributed by atoms with Crippen LogP contribution in [0.1, 0.15) is 27.8 Å². The molecule has 0 amide bonds. The summed E-state index contributed by atoms with van der Waals surface area (Å²) in [6.07, 6.45) is 0. The smallest absolute Gasteiger partial charge is 0.266 e. The molecule has 0 saturated heterocycles. The molecule has 0 aliphatic heterocycles. The molecular formula is C25H24N2OS. The van der Waals surface area contributed by atoms with Crippen molar-refractivity contribution in [1.29, 1.82) is 0 Å². The van der Waals surface area contributed by atoms with Crippen LogP contribution in [0.2, 0.25) is 0 Å². The number of nitrogens with zero attached hydrogens (tertiary/aromatic N) is 2. The van der Waals surface area contributed by atoms with Gasteiger partial charge in [-0.05, 0) is 68.1 Å². The Morgan fingerprint density at radius 2 is 1.55 bits per heavy atom. The number of aromatic nitrogens is 2. The van der Waals surface area contributed by atoms with E-state index in [2.05, 4.69) is 50.2 Å². The molecule has 0 unspecified atom stereocenters. The molecule has 0 atom stereocenters. The summed E-state index contributed by atoms with van der Waals surface area (Å²) in [5, 5.41) is 1.37. The van der Waals surface area contributed by atoms with Crippen LogP contribution in [0.25, 0.3) is 16.6 Å². The van der Waals surface area contributed by atoms with Crippen LogP contribution >= 0.6 is 11.8 Å². The molecule has 0 aliphatic rings. The van der Waals surface area contributed by atoms with Crippen LogP contribution in [0.15, 0.2) is 70.6 Å². The monoisotopic (exact) mass is 400 g/mol. The zero-order chi connectivity index (χ0) is 20.5. The summed E-state index contributed by atoms with van der Waals surface area (Å²) in [7, 11) is 0. The molecule has 0 fully saturated rings. The molecule has 3 aromatic carbocycles. The van der Waals surface area contributed by atoms with E-state index >= 15 is 0 Å². The van der Waals surface area contributed by atoms with Gasteiger partial charge in [0.2, 0.25) is 0 Å². The SMILES string of the molecule is Cc1ccc(C)c(CSc2nc3ccccc3c(=O)n2-c2cc(C)ccc2C)c1. The Morgan fingerprint density at radius 1 is 0.862 bits per heavy atom. The number of rotatable bonds is 4. The van der Waals surface area contributed by atoms with Gasteiger partial charge in [0.05, 0.1) is 16.6 Å². The molecular weight excluding hydrogens is 376 g/mol. The maximum atomic E-state index is 13.5. The third-order valence-corrected chi connectivity index (χ3v) is 6.20. The molecule has 0 radical (unpaired) electrons.